The minimum atomic E-state index is -1.68. The highest BCUT2D eigenvalue weighted by Crippen LogP contribution is 2.16. The van der Waals surface area contributed by atoms with Crippen LogP contribution in [0.5, 0.6) is 0 Å². The fourth-order valence-electron chi connectivity index (χ4n) is 1.08. The number of ether oxygens (including phenoxy) is 1. The first-order valence-electron chi connectivity index (χ1n) is 5.13. The number of rotatable bonds is 7. The molecule has 0 aliphatic heterocycles. The van der Waals surface area contributed by atoms with Crippen molar-refractivity contribution in [2.45, 2.75) is 51.7 Å². The van der Waals surface area contributed by atoms with Crippen LogP contribution in [0.25, 0.3) is 0 Å². The zero-order valence-electron chi connectivity index (χ0n) is 8.95. The SMILES string of the molecule is CCCCC(O)(CO)OC(=O)CCC. The third-order valence-electron chi connectivity index (χ3n) is 1.93. The van der Waals surface area contributed by atoms with Crippen molar-refractivity contribution in [3.8, 4) is 0 Å². The topological polar surface area (TPSA) is 66.8 Å². The molecule has 1 unspecified atom stereocenters. The third-order valence-corrected chi connectivity index (χ3v) is 1.93. The maximum absolute atomic E-state index is 11.1. The molecule has 0 aromatic carbocycles. The molecule has 14 heavy (non-hydrogen) atoms. The van der Waals surface area contributed by atoms with Gasteiger partial charge >= 0.3 is 5.97 Å². The van der Waals surface area contributed by atoms with E-state index >= 15 is 0 Å². The lowest BCUT2D eigenvalue weighted by atomic mass is 10.1. The number of hydrogen-bond donors (Lipinski definition) is 2. The van der Waals surface area contributed by atoms with Gasteiger partial charge in [0, 0.05) is 12.8 Å². The molecule has 1 atom stereocenters. The van der Waals surface area contributed by atoms with Gasteiger partial charge in [0.2, 0.25) is 5.79 Å². The Morgan fingerprint density at radius 2 is 2.00 bits per heavy atom. The predicted molar refractivity (Wildman–Crippen MR) is 52.6 cm³/mol. The first kappa shape index (κ1) is 13.4. The van der Waals surface area contributed by atoms with Crippen LogP contribution in [0.1, 0.15) is 46.0 Å². The Bertz CT molecular complexity index is 170. The van der Waals surface area contributed by atoms with Crippen molar-refractivity contribution in [2.75, 3.05) is 6.61 Å². The average Bonchev–Trinajstić information content (AvgIpc) is 2.15. The second-order valence-corrected chi connectivity index (χ2v) is 3.43. The van der Waals surface area contributed by atoms with Gasteiger partial charge in [0.15, 0.2) is 0 Å². The first-order valence-corrected chi connectivity index (χ1v) is 5.13. The van der Waals surface area contributed by atoms with E-state index in [9.17, 15) is 9.90 Å². The van der Waals surface area contributed by atoms with Crippen LogP contribution in [0.4, 0.5) is 0 Å². The normalized spacial score (nSPS) is 14.9. The molecule has 0 radical (unpaired) electrons. The summed E-state index contributed by atoms with van der Waals surface area (Å²) in [5.41, 5.74) is 0. The highest BCUT2D eigenvalue weighted by molar-refractivity contribution is 5.69. The van der Waals surface area contributed by atoms with E-state index in [1.54, 1.807) is 0 Å². The van der Waals surface area contributed by atoms with Crippen LogP contribution in [0.3, 0.4) is 0 Å². The molecule has 0 amide bonds. The molecule has 0 bridgehead atoms. The Hall–Kier alpha value is -0.610. The quantitative estimate of drug-likeness (QED) is 0.483. The molecule has 0 heterocycles. The number of hydrogen-bond acceptors (Lipinski definition) is 4. The van der Waals surface area contributed by atoms with Crippen molar-refractivity contribution in [1.82, 2.24) is 0 Å². The molecule has 4 heteroatoms. The molecule has 0 fully saturated rings. The van der Waals surface area contributed by atoms with Crippen molar-refractivity contribution in [1.29, 1.82) is 0 Å². The predicted octanol–water partition coefficient (Wildman–Crippen LogP) is 1.20. The van der Waals surface area contributed by atoms with E-state index in [1.807, 2.05) is 13.8 Å². The van der Waals surface area contributed by atoms with Crippen molar-refractivity contribution >= 4 is 5.97 Å². The van der Waals surface area contributed by atoms with Crippen molar-refractivity contribution in [3.63, 3.8) is 0 Å². The Morgan fingerprint density at radius 1 is 1.36 bits per heavy atom. The summed E-state index contributed by atoms with van der Waals surface area (Å²) in [5, 5.41) is 18.6. The summed E-state index contributed by atoms with van der Waals surface area (Å²) in [4.78, 5) is 11.1. The molecular weight excluding hydrogens is 184 g/mol. The van der Waals surface area contributed by atoms with Gasteiger partial charge in [0.05, 0.1) is 0 Å². The number of aliphatic hydroxyl groups is 2. The minimum absolute atomic E-state index is 0.272. The molecule has 0 saturated heterocycles. The summed E-state index contributed by atoms with van der Waals surface area (Å²) in [6, 6.07) is 0. The van der Waals surface area contributed by atoms with Crippen LogP contribution in [0.2, 0.25) is 0 Å². The average molecular weight is 204 g/mol. The van der Waals surface area contributed by atoms with Gasteiger partial charge in [-0.15, -0.1) is 0 Å². The molecule has 0 aliphatic carbocycles. The van der Waals surface area contributed by atoms with Gasteiger partial charge in [0.1, 0.15) is 6.61 Å². The van der Waals surface area contributed by atoms with Crippen molar-refractivity contribution in [3.05, 3.63) is 0 Å². The molecule has 4 nitrogen and oxygen atoms in total. The van der Waals surface area contributed by atoms with Crippen LogP contribution in [-0.2, 0) is 9.53 Å². The molecular formula is C10H20O4. The van der Waals surface area contributed by atoms with Crippen molar-refractivity contribution < 1.29 is 19.7 Å². The molecule has 84 valence electrons. The Morgan fingerprint density at radius 3 is 2.43 bits per heavy atom. The number of aliphatic hydroxyl groups excluding tert-OH is 1. The second-order valence-electron chi connectivity index (χ2n) is 3.43. The fourth-order valence-corrected chi connectivity index (χ4v) is 1.08. The van der Waals surface area contributed by atoms with Gasteiger partial charge in [0.25, 0.3) is 0 Å². The van der Waals surface area contributed by atoms with Gasteiger partial charge in [-0.3, -0.25) is 4.79 Å². The first-order chi connectivity index (χ1) is 6.58. The maximum Gasteiger partial charge on any atom is 0.308 e. The van der Waals surface area contributed by atoms with E-state index in [2.05, 4.69) is 0 Å². The van der Waals surface area contributed by atoms with E-state index in [4.69, 9.17) is 9.84 Å². The standard InChI is InChI=1S/C10H20O4/c1-3-5-7-10(13,8-11)14-9(12)6-4-2/h11,13H,3-8H2,1-2H3. The number of esters is 1. The van der Waals surface area contributed by atoms with Gasteiger partial charge in [-0.05, 0) is 12.8 Å². The van der Waals surface area contributed by atoms with Crippen LogP contribution in [0, 0.1) is 0 Å². The van der Waals surface area contributed by atoms with Crippen molar-refractivity contribution in [2.24, 2.45) is 0 Å². The van der Waals surface area contributed by atoms with Gasteiger partial charge in [-0.25, -0.2) is 0 Å². The molecule has 0 saturated carbocycles. The molecule has 2 N–H and O–H groups in total. The molecule has 0 spiro atoms. The molecule has 0 aromatic heterocycles. The highest BCUT2D eigenvalue weighted by Gasteiger charge is 2.29. The second kappa shape index (κ2) is 6.79. The lowest BCUT2D eigenvalue weighted by Crippen LogP contribution is -2.38. The smallest absolute Gasteiger partial charge is 0.308 e. The van der Waals surface area contributed by atoms with E-state index in [-0.39, 0.29) is 12.8 Å². The highest BCUT2D eigenvalue weighted by atomic mass is 16.7. The van der Waals surface area contributed by atoms with E-state index in [0.29, 0.717) is 6.42 Å². The summed E-state index contributed by atoms with van der Waals surface area (Å²) in [6.45, 7) is 3.28. The maximum atomic E-state index is 11.1. The van der Waals surface area contributed by atoms with E-state index in [1.165, 1.54) is 0 Å². The van der Waals surface area contributed by atoms with E-state index < -0.39 is 18.4 Å². The summed E-state index contributed by atoms with van der Waals surface area (Å²) in [7, 11) is 0. The number of unbranched alkanes of at least 4 members (excludes halogenated alkanes) is 1. The largest absolute Gasteiger partial charge is 0.431 e. The van der Waals surface area contributed by atoms with Gasteiger partial charge in [-0.2, -0.15) is 0 Å². The van der Waals surface area contributed by atoms with Gasteiger partial charge < -0.3 is 14.9 Å². The van der Waals surface area contributed by atoms with Crippen LogP contribution in [0.15, 0.2) is 0 Å². The zero-order chi connectivity index (χ0) is 11.0. The Balaban J connectivity index is 4.03. The molecule has 0 aromatic rings. The zero-order valence-corrected chi connectivity index (χ0v) is 8.95. The Labute approximate surface area is 84.9 Å². The number of carbonyl (C=O) groups is 1. The summed E-state index contributed by atoms with van der Waals surface area (Å²) in [5.74, 6) is -2.14. The molecule has 0 rings (SSSR count). The van der Waals surface area contributed by atoms with Crippen LogP contribution in [-0.4, -0.2) is 28.6 Å². The Kier molecular flexibility index (Phi) is 6.49. The summed E-state index contributed by atoms with van der Waals surface area (Å²) >= 11 is 0. The lowest BCUT2D eigenvalue weighted by Gasteiger charge is -2.25. The summed E-state index contributed by atoms with van der Waals surface area (Å²) < 4.78 is 4.80. The minimum Gasteiger partial charge on any atom is -0.431 e. The number of carbonyl (C=O) groups excluding carboxylic acids is 1. The monoisotopic (exact) mass is 204 g/mol. The molecule has 0 aliphatic rings. The van der Waals surface area contributed by atoms with Crippen LogP contribution < -0.4 is 0 Å². The third kappa shape index (κ3) is 5.19. The summed E-state index contributed by atoms with van der Waals surface area (Å²) in [6.07, 6.45) is 2.84. The van der Waals surface area contributed by atoms with Crippen LogP contribution >= 0.6 is 0 Å². The lowest BCUT2D eigenvalue weighted by molar-refractivity contribution is -0.226. The van der Waals surface area contributed by atoms with Gasteiger partial charge in [-0.1, -0.05) is 20.3 Å². The van der Waals surface area contributed by atoms with E-state index in [0.717, 1.165) is 12.8 Å². The fraction of sp³-hybridized carbons (Fsp3) is 0.900.